The minimum atomic E-state index is -0.775. The number of aliphatic carboxylic acids is 1. The molecule has 0 radical (unpaired) electrons. The number of hydrogen-bond donors (Lipinski definition) is 1. The van der Waals surface area contributed by atoms with Crippen LogP contribution in [0.1, 0.15) is 19.3 Å². The molecule has 1 aromatic carbocycles. The fourth-order valence-corrected chi connectivity index (χ4v) is 2.06. The molecule has 0 saturated carbocycles. The molecular weight excluding hydrogens is 237 g/mol. The molecule has 4 nitrogen and oxygen atoms in total. The molecule has 18 heavy (non-hydrogen) atoms. The summed E-state index contributed by atoms with van der Waals surface area (Å²) >= 11 is 0. The molecule has 0 amide bonds. The second-order valence-corrected chi connectivity index (χ2v) is 4.30. The maximum atomic E-state index is 13.2. The molecule has 5 heteroatoms. The third-order valence-corrected chi connectivity index (χ3v) is 2.95. The first-order valence-corrected chi connectivity index (χ1v) is 6.06. The summed E-state index contributed by atoms with van der Waals surface area (Å²) in [5.74, 6) is -0.362. The van der Waals surface area contributed by atoms with Crippen LogP contribution in [0.25, 0.3) is 0 Å². The van der Waals surface area contributed by atoms with Gasteiger partial charge in [0.15, 0.2) is 0 Å². The maximum absolute atomic E-state index is 13.2. The van der Waals surface area contributed by atoms with Crippen LogP contribution in [-0.2, 0) is 4.79 Å². The van der Waals surface area contributed by atoms with Crippen molar-refractivity contribution < 1.29 is 19.0 Å². The number of hydrogen-bond acceptors (Lipinski definition) is 3. The first-order valence-electron chi connectivity index (χ1n) is 6.06. The van der Waals surface area contributed by atoms with Crippen molar-refractivity contribution in [2.24, 2.45) is 0 Å². The largest absolute Gasteiger partial charge is 0.490 e. The molecule has 0 aromatic heterocycles. The van der Waals surface area contributed by atoms with Crippen LogP contribution >= 0.6 is 0 Å². The molecule has 0 fully saturated rings. The lowest BCUT2D eigenvalue weighted by molar-refractivity contribution is -0.137. The zero-order valence-electron chi connectivity index (χ0n) is 10.1. The Balaban J connectivity index is 1.95. The van der Waals surface area contributed by atoms with Gasteiger partial charge in [-0.05, 0) is 25.0 Å². The summed E-state index contributed by atoms with van der Waals surface area (Å²) < 4.78 is 18.7. The summed E-state index contributed by atoms with van der Waals surface area (Å²) in [7, 11) is 0. The van der Waals surface area contributed by atoms with Crippen molar-refractivity contribution in [2.75, 3.05) is 24.6 Å². The molecular formula is C13H16FNO3. The predicted octanol–water partition coefficient (Wildman–Crippen LogP) is 2.28. The number of unbranched alkanes of at least 4 members (excludes halogenated alkanes) is 1. The van der Waals surface area contributed by atoms with Crippen LogP contribution < -0.4 is 9.64 Å². The molecule has 1 heterocycles. The Bertz CT molecular complexity index is 436. The van der Waals surface area contributed by atoms with E-state index in [2.05, 4.69) is 0 Å². The Morgan fingerprint density at radius 2 is 2.28 bits per heavy atom. The average Bonchev–Trinajstić information content (AvgIpc) is 2.34. The van der Waals surface area contributed by atoms with Gasteiger partial charge in [0.25, 0.3) is 0 Å². The number of carboxylic acid groups (broad SMARTS) is 1. The number of benzene rings is 1. The minimum Gasteiger partial charge on any atom is -0.490 e. The van der Waals surface area contributed by atoms with E-state index in [0.29, 0.717) is 25.3 Å². The molecule has 0 spiro atoms. The number of ether oxygens (including phenoxy) is 1. The number of nitrogens with zero attached hydrogens (tertiary/aromatic N) is 1. The average molecular weight is 253 g/mol. The van der Waals surface area contributed by atoms with E-state index in [9.17, 15) is 9.18 Å². The summed E-state index contributed by atoms with van der Waals surface area (Å²) in [5, 5.41) is 8.56. The Hall–Kier alpha value is -1.78. The van der Waals surface area contributed by atoms with Gasteiger partial charge in [0.2, 0.25) is 0 Å². The normalized spacial score (nSPS) is 13.9. The highest BCUT2D eigenvalue weighted by Gasteiger charge is 2.18. The van der Waals surface area contributed by atoms with Crippen molar-refractivity contribution >= 4 is 11.7 Å². The molecule has 0 aliphatic carbocycles. The van der Waals surface area contributed by atoms with Gasteiger partial charge in [0, 0.05) is 19.0 Å². The lowest BCUT2D eigenvalue weighted by Crippen LogP contribution is -2.33. The van der Waals surface area contributed by atoms with Gasteiger partial charge in [-0.3, -0.25) is 4.79 Å². The van der Waals surface area contributed by atoms with Crippen molar-refractivity contribution in [3.63, 3.8) is 0 Å². The molecule has 2 rings (SSSR count). The van der Waals surface area contributed by atoms with E-state index >= 15 is 0 Å². The molecule has 0 unspecified atom stereocenters. The van der Waals surface area contributed by atoms with E-state index in [-0.39, 0.29) is 12.2 Å². The topological polar surface area (TPSA) is 49.8 Å². The van der Waals surface area contributed by atoms with Crippen LogP contribution in [0.5, 0.6) is 5.75 Å². The quantitative estimate of drug-likeness (QED) is 0.818. The van der Waals surface area contributed by atoms with Crippen molar-refractivity contribution in [1.82, 2.24) is 0 Å². The van der Waals surface area contributed by atoms with E-state index in [4.69, 9.17) is 9.84 Å². The summed E-state index contributed by atoms with van der Waals surface area (Å²) in [6.45, 7) is 2.02. The van der Waals surface area contributed by atoms with Crippen LogP contribution in [0.2, 0.25) is 0 Å². The Labute approximate surface area is 105 Å². The van der Waals surface area contributed by atoms with Crippen LogP contribution in [0.4, 0.5) is 10.1 Å². The van der Waals surface area contributed by atoms with E-state index < -0.39 is 5.97 Å². The highest BCUT2D eigenvalue weighted by molar-refractivity contribution is 5.66. The molecule has 0 saturated heterocycles. The van der Waals surface area contributed by atoms with Gasteiger partial charge in [0.05, 0.1) is 12.2 Å². The fourth-order valence-electron chi connectivity index (χ4n) is 2.06. The summed E-state index contributed by atoms with van der Waals surface area (Å²) in [4.78, 5) is 12.5. The highest BCUT2D eigenvalue weighted by atomic mass is 19.1. The van der Waals surface area contributed by atoms with Gasteiger partial charge >= 0.3 is 5.97 Å². The lowest BCUT2D eigenvalue weighted by atomic mass is 10.2. The number of carboxylic acids is 1. The SMILES string of the molecule is O=C(O)CCCCN1CCOc2ccc(F)cc21. The second-order valence-electron chi connectivity index (χ2n) is 4.30. The Morgan fingerprint density at radius 1 is 1.44 bits per heavy atom. The van der Waals surface area contributed by atoms with Gasteiger partial charge in [-0.1, -0.05) is 0 Å². The Kier molecular flexibility index (Phi) is 4.02. The smallest absolute Gasteiger partial charge is 0.303 e. The van der Waals surface area contributed by atoms with E-state index in [1.165, 1.54) is 12.1 Å². The van der Waals surface area contributed by atoms with Gasteiger partial charge in [-0.25, -0.2) is 4.39 Å². The van der Waals surface area contributed by atoms with Gasteiger partial charge in [-0.2, -0.15) is 0 Å². The zero-order chi connectivity index (χ0) is 13.0. The van der Waals surface area contributed by atoms with Crippen LogP contribution in [0.15, 0.2) is 18.2 Å². The second kappa shape index (κ2) is 5.71. The van der Waals surface area contributed by atoms with Crippen molar-refractivity contribution in [3.8, 4) is 5.75 Å². The van der Waals surface area contributed by atoms with E-state index in [0.717, 1.165) is 18.7 Å². The van der Waals surface area contributed by atoms with Gasteiger partial charge < -0.3 is 14.7 Å². The van der Waals surface area contributed by atoms with Crippen molar-refractivity contribution in [1.29, 1.82) is 0 Å². The van der Waals surface area contributed by atoms with Crippen molar-refractivity contribution in [3.05, 3.63) is 24.0 Å². The third-order valence-electron chi connectivity index (χ3n) is 2.95. The maximum Gasteiger partial charge on any atom is 0.303 e. The number of anilines is 1. The third kappa shape index (κ3) is 3.12. The summed E-state index contributed by atoms with van der Waals surface area (Å²) in [5.41, 5.74) is 0.761. The predicted molar refractivity (Wildman–Crippen MR) is 65.6 cm³/mol. The monoisotopic (exact) mass is 253 g/mol. The zero-order valence-corrected chi connectivity index (χ0v) is 10.1. The van der Waals surface area contributed by atoms with Gasteiger partial charge in [-0.15, -0.1) is 0 Å². The molecule has 0 atom stereocenters. The van der Waals surface area contributed by atoms with Crippen LogP contribution in [-0.4, -0.2) is 30.8 Å². The molecule has 98 valence electrons. The van der Waals surface area contributed by atoms with E-state index in [1.807, 2.05) is 4.90 Å². The highest BCUT2D eigenvalue weighted by Crippen LogP contribution is 2.32. The lowest BCUT2D eigenvalue weighted by Gasteiger charge is -2.31. The fraction of sp³-hybridized carbons (Fsp3) is 0.462. The molecule has 1 aliphatic heterocycles. The number of rotatable bonds is 5. The van der Waals surface area contributed by atoms with Crippen molar-refractivity contribution in [2.45, 2.75) is 19.3 Å². The van der Waals surface area contributed by atoms with Crippen LogP contribution in [0, 0.1) is 5.82 Å². The minimum absolute atomic E-state index is 0.181. The van der Waals surface area contributed by atoms with Gasteiger partial charge in [0.1, 0.15) is 18.2 Å². The first-order chi connectivity index (χ1) is 8.66. The first kappa shape index (κ1) is 12.7. The number of fused-ring (bicyclic) bond motifs is 1. The Morgan fingerprint density at radius 3 is 3.06 bits per heavy atom. The molecule has 1 N–H and O–H groups in total. The summed E-state index contributed by atoms with van der Waals surface area (Å²) in [6, 6.07) is 4.48. The standard InChI is InChI=1S/C13H16FNO3/c14-10-4-5-12-11(9-10)15(7-8-18-12)6-2-1-3-13(16)17/h4-5,9H,1-3,6-8H2,(H,16,17). The molecule has 1 aromatic rings. The van der Waals surface area contributed by atoms with Crippen LogP contribution in [0.3, 0.4) is 0 Å². The summed E-state index contributed by atoms with van der Waals surface area (Å²) in [6.07, 6.45) is 1.60. The molecule has 0 bridgehead atoms. The number of halogens is 1. The van der Waals surface area contributed by atoms with E-state index in [1.54, 1.807) is 6.07 Å². The number of carbonyl (C=O) groups is 1. The molecule has 1 aliphatic rings.